The number of H-pyrrole nitrogens is 2. The van der Waals surface area contributed by atoms with Crippen LogP contribution < -0.4 is 5.69 Å². The monoisotopic (exact) mass is 261 g/mol. The third-order valence-corrected chi connectivity index (χ3v) is 2.17. The van der Waals surface area contributed by atoms with Crippen molar-refractivity contribution in [3.8, 4) is 0 Å². The van der Waals surface area contributed by atoms with Crippen LogP contribution in [-0.2, 0) is 6.42 Å². The zero-order valence-corrected chi connectivity index (χ0v) is 9.64. The maximum absolute atomic E-state index is 11.6. The van der Waals surface area contributed by atoms with Crippen LogP contribution >= 0.6 is 15.9 Å². The van der Waals surface area contributed by atoms with E-state index in [2.05, 4.69) is 25.9 Å². The normalized spacial score (nSPS) is 10.2. The molecular formula is C8H12BrN3O2. The molecule has 0 aliphatic heterocycles. The second-order valence-corrected chi connectivity index (χ2v) is 3.86. The van der Waals surface area contributed by atoms with Gasteiger partial charge in [0.25, 0.3) is 5.91 Å². The van der Waals surface area contributed by atoms with Crippen molar-refractivity contribution in [3.05, 3.63) is 21.9 Å². The lowest BCUT2D eigenvalue weighted by atomic mass is 10.2. The first-order valence-electron chi connectivity index (χ1n) is 4.15. The molecule has 0 aliphatic rings. The lowest BCUT2D eigenvalue weighted by Crippen LogP contribution is -2.23. The summed E-state index contributed by atoms with van der Waals surface area (Å²) in [6.07, 6.45) is 0.619. The van der Waals surface area contributed by atoms with Crippen molar-refractivity contribution in [1.82, 2.24) is 14.9 Å². The fraction of sp³-hybridized carbons (Fsp3) is 0.500. The predicted molar refractivity (Wildman–Crippen MR) is 56.9 cm³/mol. The molecule has 5 nitrogen and oxygen atoms in total. The van der Waals surface area contributed by atoms with Gasteiger partial charge in [0, 0.05) is 25.1 Å². The number of nitrogens with zero attached hydrogens (tertiary/aromatic N) is 1. The molecule has 0 aliphatic carbocycles. The first-order chi connectivity index (χ1) is 6.56. The van der Waals surface area contributed by atoms with Crippen molar-refractivity contribution < 1.29 is 4.79 Å². The average molecular weight is 262 g/mol. The van der Waals surface area contributed by atoms with Crippen LogP contribution in [0.25, 0.3) is 0 Å². The van der Waals surface area contributed by atoms with Crippen LogP contribution in [-0.4, -0.2) is 40.2 Å². The minimum atomic E-state index is -0.342. The van der Waals surface area contributed by atoms with Gasteiger partial charge in [0.15, 0.2) is 0 Å². The molecule has 1 heterocycles. The Morgan fingerprint density at radius 3 is 2.57 bits per heavy atom. The molecule has 0 unspecified atom stereocenters. The van der Waals surface area contributed by atoms with Crippen molar-refractivity contribution in [1.29, 1.82) is 0 Å². The largest absolute Gasteiger partial charge is 0.343 e. The molecule has 1 aromatic rings. The first kappa shape index (κ1) is 11.0. The average Bonchev–Trinajstić information content (AvgIpc) is 2.46. The standard InChI is InChI=1S/C8H12BrN3O2/c1-12(2)7(13)6-5(3-4-9)10-8(14)11-6/h3-4H2,1-2H3,(H2,10,11,14). The highest BCUT2D eigenvalue weighted by Crippen LogP contribution is 2.05. The number of aryl methyl sites for hydroxylation is 1. The van der Waals surface area contributed by atoms with Gasteiger partial charge in [-0.2, -0.15) is 0 Å². The molecule has 1 rings (SSSR count). The van der Waals surface area contributed by atoms with Gasteiger partial charge in [0.2, 0.25) is 0 Å². The molecule has 0 radical (unpaired) electrons. The summed E-state index contributed by atoms with van der Waals surface area (Å²) in [5.41, 5.74) is 0.649. The fourth-order valence-electron chi connectivity index (χ4n) is 1.11. The zero-order chi connectivity index (χ0) is 10.7. The van der Waals surface area contributed by atoms with E-state index in [-0.39, 0.29) is 11.6 Å². The summed E-state index contributed by atoms with van der Waals surface area (Å²) in [7, 11) is 3.29. The summed E-state index contributed by atoms with van der Waals surface area (Å²) < 4.78 is 0. The third-order valence-electron chi connectivity index (χ3n) is 1.77. The number of hydrogen-bond donors (Lipinski definition) is 2. The van der Waals surface area contributed by atoms with Crippen LogP contribution in [0.15, 0.2) is 4.79 Å². The molecular weight excluding hydrogens is 250 g/mol. The summed E-state index contributed by atoms with van der Waals surface area (Å²) in [4.78, 5) is 29.1. The van der Waals surface area contributed by atoms with Crippen LogP contribution in [0.2, 0.25) is 0 Å². The lowest BCUT2D eigenvalue weighted by molar-refractivity contribution is 0.0821. The van der Waals surface area contributed by atoms with Crippen molar-refractivity contribution in [3.63, 3.8) is 0 Å². The number of imidazole rings is 1. The number of carbonyl (C=O) groups excluding carboxylic acids is 1. The van der Waals surface area contributed by atoms with E-state index in [1.807, 2.05) is 0 Å². The van der Waals surface area contributed by atoms with Gasteiger partial charge in [0.05, 0.1) is 0 Å². The molecule has 0 bridgehead atoms. The van der Waals surface area contributed by atoms with E-state index >= 15 is 0 Å². The summed E-state index contributed by atoms with van der Waals surface area (Å²) >= 11 is 3.25. The zero-order valence-electron chi connectivity index (χ0n) is 8.06. The van der Waals surface area contributed by atoms with E-state index in [4.69, 9.17) is 0 Å². The van der Waals surface area contributed by atoms with Crippen LogP contribution in [0.5, 0.6) is 0 Å². The number of rotatable bonds is 3. The van der Waals surface area contributed by atoms with Crippen molar-refractivity contribution in [2.45, 2.75) is 6.42 Å². The summed E-state index contributed by atoms with van der Waals surface area (Å²) in [5, 5.41) is 0.703. The predicted octanol–water partition coefficient (Wildman–Crippen LogP) is 0.342. The molecule has 0 atom stereocenters. The van der Waals surface area contributed by atoms with E-state index in [1.165, 1.54) is 4.90 Å². The van der Waals surface area contributed by atoms with Gasteiger partial charge in [-0.05, 0) is 6.42 Å². The highest BCUT2D eigenvalue weighted by Gasteiger charge is 2.15. The van der Waals surface area contributed by atoms with E-state index in [0.717, 1.165) is 0 Å². The molecule has 0 aromatic carbocycles. The molecule has 6 heteroatoms. The Labute approximate surface area is 89.6 Å². The van der Waals surface area contributed by atoms with Crippen LogP contribution in [0.1, 0.15) is 16.2 Å². The number of hydrogen-bond acceptors (Lipinski definition) is 2. The van der Waals surface area contributed by atoms with Gasteiger partial charge in [-0.1, -0.05) is 15.9 Å². The Hall–Kier alpha value is -1.04. The Balaban J connectivity index is 3.06. The number of aromatic amines is 2. The number of amides is 1. The molecule has 14 heavy (non-hydrogen) atoms. The number of aromatic nitrogens is 2. The van der Waals surface area contributed by atoms with E-state index in [1.54, 1.807) is 14.1 Å². The lowest BCUT2D eigenvalue weighted by Gasteiger charge is -2.09. The fourth-order valence-corrected chi connectivity index (χ4v) is 1.50. The first-order valence-corrected chi connectivity index (χ1v) is 5.27. The molecule has 0 saturated heterocycles. The molecule has 78 valence electrons. The highest BCUT2D eigenvalue weighted by molar-refractivity contribution is 9.09. The topological polar surface area (TPSA) is 69.0 Å². The van der Waals surface area contributed by atoms with Gasteiger partial charge >= 0.3 is 5.69 Å². The Kier molecular flexibility index (Phi) is 3.51. The van der Waals surface area contributed by atoms with E-state index in [0.29, 0.717) is 23.1 Å². The van der Waals surface area contributed by atoms with Gasteiger partial charge in [-0.15, -0.1) is 0 Å². The Morgan fingerprint density at radius 1 is 1.43 bits per heavy atom. The van der Waals surface area contributed by atoms with Crippen LogP contribution in [0, 0.1) is 0 Å². The summed E-state index contributed by atoms with van der Waals surface area (Å²) in [5.74, 6) is -0.195. The summed E-state index contributed by atoms with van der Waals surface area (Å²) in [6.45, 7) is 0. The van der Waals surface area contributed by atoms with E-state index < -0.39 is 0 Å². The second kappa shape index (κ2) is 4.45. The molecule has 0 saturated carbocycles. The Bertz CT molecular complexity index is 380. The van der Waals surface area contributed by atoms with Crippen LogP contribution in [0.4, 0.5) is 0 Å². The summed E-state index contributed by atoms with van der Waals surface area (Å²) in [6, 6.07) is 0. The number of nitrogens with one attached hydrogen (secondary N) is 2. The smallest absolute Gasteiger partial charge is 0.323 e. The number of carbonyl (C=O) groups is 1. The van der Waals surface area contributed by atoms with Gasteiger partial charge in [0.1, 0.15) is 5.69 Å². The SMILES string of the molecule is CN(C)C(=O)c1[nH]c(=O)[nH]c1CCBr. The van der Waals surface area contributed by atoms with E-state index in [9.17, 15) is 9.59 Å². The van der Waals surface area contributed by atoms with Crippen molar-refractivity contribution >= 4 is 21.8 Å². The second-order valence-electron chi connectivity index (χ2n) is 3.07. The van der Waals surface area contributed by atoms with Gasteiger partial charge < -0.3 is 14.9 Å². The van der Waals surface area contributed by atoms with Crippen molar-refractivity contribution in [2.24, 2.45) is 0 Å². The Morgan fingerprint density at radius 2 is 2.07 bits per heavy atom. The number of alkyl halides is 1. The van der Waals surface area contributed by atoms with Gasteiger partial charge in [-0.3, -0.25) is 4.79 Å². The maximum atomic E-state index is 11.6. The minimum absolute atomic E-state index is 0.195. The van der Waals surface area contributed by atoms with Crippen molar-refractivity contribution in [2.75, 3.05) is 19.4 Å². The maximum Gasteiger partial charge on any atom is 0.323 e. The minimum Gasteiger partial charge on any atom is -0.343 e. The number of halogens is 1. The molecule has 1 amide bonds. The van der Waals surface area contributed by atoms with Gasteiger partial charge in [-0.25, -0.2) is 4.79 Å². The molecule has 0 fully saturated rings. The third kappa shape index (κ3) is 2.25. The molecule has 1 aromatic heterocycles. The quantitative estimate of drug-likeness (QED) is 0.771. The van der Waals surface area contributed by atoms with Crippen LogP contribution in [0.3, 0.4) is 0 Å². The molecule has 0 spiro atoms. The molecule has 2 N–H and O–H groups in total. The highest BCUT2D eigenvalue weighted by atomic mass is 79.9.